The summed E-state index contributed by atoms with van der Waals surface area (Å²) in [5.41, 5.74) is 3.87. The number of hydrogen-bond donors (Lipinski definition) is 0. The van der Waals surface area contributed by atoms with Gasteiger partial charge in [-0.15, -0.1) is 0 Å². The van der Waals surface area contributed by atoms with Crippen LogP contribution in [0, 0.1) is 6.92 Å². The van der Waals surface area contributed by atoms with E-state index in [9.17, 15) is 4.79 Å². The third kappa shape index (κ3) is 1.96. The average molecular weight is 322 g/mol. The Bertz CT molecular complexity index is 1060. The highest BCUT2D eigenvalue weighted by atomic mass is 16.5. The Morgan fingerprint density at radius 2 is 2.12 bits per heavy atom. The Balaban J connectivity index is 2.15. The average Bonchev–Trinajstić information content (AvgIpc) is 2.99. The van der Waals surface area contributed by atoms with Gasteiger partial charge in [0.05, 0.1) is 12.5 Å². The summed E-state index contributed by atoms with van der Waals surface area (Å²) in [5.74, 6) is 1.17. The lowest BCUT2D eigenvalue weighted by Crippen LogP contribution is -2.13. The Labute approximate surface area is 139 Å². The van der Waals surface area contributed by atoms with E-state index in [0.717, 1.165) is 16.7 Å². The number of hydrogen-bond acceptors (Lipinski definition) is 4. The minimum atomic E-state index is -0.104. The molecule has 0 aliphatic carbocycles. The molecule has 122 valence electrons. The third-order valence-corrected chi connectivity index (χ3v) is 4.62. The summed E-state index contributed by atoms with van der Waals surface area (Å²) in [6.07, 6.45) is 0.541. The van der Waals surface area contributed by atoms with Crippen LogP contribution in [0.25, 0.3) is 21.9 Å². The van der Waals surface area contributed by atoms with E-state index in [0.29, 0.717) is 39.9 Å². The van der Waals surface area contributed by atoms with Gasteiger partial charge in [0.25, 0.3) is 0 Å². The first-order chi connectivity index (χ1) is 11.5. The third-order valence-electron chi connectivity index (χ3n) is 4.62. The zero-order valence-corrected chi connectivity index (χ0v) is 13.9. The van der Waals surface area contributed by atoms with Crippen LogP contribution >= 0.6 is 0 Å². The van der Waals surface area contributed by atoms with Gasteiger partial charge in [-0.25, -0.2) is 0 Å². The van der Waals surface area contributed by atoms with E-state index < -0.39 is 0 Å². The molecule has 0 radical (unpaired) electrons. The first kappa shape index (κ1) is 14.8. The number of methoxy groups -OCH3 is 1. The molecule has 0 N–H and O–H groups in total. The topological polar surface area (TPSA) is 48.7 Å². The molecule has 0 unspecified atom stereocenters. The van der Waals surface area contributed by atoms with Crippen molar-refractivity contribution in [1.82, 2.24) is 0 Å². The van der Waals surface area contributed by atoms with Crippen molar-refractivity contribution in [3.63, 3.8) is 0 Å². The van der Waals surface area contributed by atoms with E-state index >= 15 is 0 Å². The van der Waals surface area contributed by atoms with Crippen LogP contribution < -0.4 is 14.9 Å². The predicted octanol–water partition coefficient (Wildman–Crippen LogP) is 4.14. The summed E-state index contributed by atoms with van der Waals surface area (Å²) in [7, 11) is 1.55. The van der Waals surface area contributed by atoms with Crippen LogP contribution in [0.2, 0.25) is 0 Å². The molecule has 0 amide bonds. The fourth-order valence-corrected chi connectivity index (χ4v) is 3.30. The molecule has 0 saturated carbocycles. The Kier molecular flexibility index (Phi) is 3.17. The van der Waals surface area contributed by atoms with Gasteiger partial charge in [-0.3, -0.25) is 4.79 Å². The second-order valence-corrected chi connectivity index (χ2v) is 6.30. The number of fused-ring (bicyclic) bond motifs is 4. The Morgan fingerprint density at radius 3 is 2.83 bits per heavy atom. The first-order valence-electron chi connectivity index (χ1n) is 7.89. The summed E-state index contributed by atoms with van der Waals surface area (Å²) in [5, 5.41) is 1.04. The van der Waals surface area contributed by atoms with Gasteiger partial charge >= 0.3 is 0 Å². The largest absolute Gasteiger partial charge is 0.496 e. The molecular formula is C20H18O4. The summed E-state index contributed by atoms with van der Waals surface area (Å²) in [6.45, 7) is 7.85. The fourth-order valence-electron chi connectivity index (χ4n) is 3.30. The highest BCUT2D eigenvalue weighted by Gasteiger charge is 2.30. The van der Waals surface area contributed by atoms with E-state index in [1.54, 1.807) is 19.2 Å². The number of para-hydroxylation sites is 1. The van der Waals surface area contributed by atoms with Crippen LogP contribution in [0.1, 0.15) is 18.1 Å². The molecule has 0 bridgehead atoms. The molecule has 4 nitrogen and oxygen atoms in total. The summed E-state index contributed by atoms with van der Waals surface area (Å²) in [6, 6.07) is 7.36. The van der Waals surface area contributed by atoms with Crippen LogP contribution in [-0.4, -0.2) is 13.2 Å². The molecule has 0 saturated heterocycles. The standard InChI is InChI=1S/C20H18O4/c1-10(2)14-8-13-15(23-14)9-16(22-4)17-18(21)12-7-5-6-11(3)19(12)24-20(13)17/h5-7,9,14H,1,8H2,2-4H3/t14-/m1/s1. The van der Waals surface area contributed by atoms with Gasteiger partial charge < -0.3 is 13.9 Å². The van der Waals surface area contributed by atoms with E-state index in [-0.39, 0.29) is 11.5 Å². The van der Waals surface area contributed by atoms with Crippen LogP contribution in [0.15, 0.2) is 45.6 Å². The van der Waals surface area contributed by atoms with E-state index in [4.69, 9.17) is 13.9 Å². The lowest BCUT2D eigenvalue weighted by molar-refractivity contribution is 0.270. The van der Waals surface area contributed by atoms with Gasteiger partial charge in [0, 0.05) is 18.1 Å². The molecule has 4 rings (SSSR count). The van der Waals surface area contributed by atoms with Gasteiger partial charge in [0.15, 0.2) is 0 Å². The second-order valence-electron chi connectivity index (χ2n) is 6.30. The van der Waals surface area contributed by atoms with E-state index in [1.165, 1.54) is 0 Å². The number of rotatable bonds is 2. The minimum absolute atomic E-state index is 0.0756. The quantitative estimate of drug-likeness (QED) is 0.525. The van der Waals surface area contributed by atoms with Crippen molar-refractivity contribution in [2.24, 2.45) is 0 Å². The van der Waals surface area contributed by atoms with Crippen molar-refractivity contribution in [2.75, 3.05) is 7.11 Å². The van der Waals surface area contributed by atoms with Crippen molar-refractivity contribution in [2.45, 2.75) is 26.4 Å². The van der Waals surface area contributed by atoms with Gasteiger partial charge in [-0.2, -0.15) is 0 Å². The minimum Gasteiger partial charge on any atom is -0.496 e. The molecule has 1 aromatic heterocycles. The summed E-state index contributed by atoms with van der Waals surface area (Å²) < 4.78 is 17.6. The van der Waals surface area contributed by atoms with Gasteiger partial charge in [0.1, 0.15) is 34.2 Å². The lowest BCUT2D eigenvalue weighted by atomic mass is 10.0. The summed E-state index contributed by atoms with van der Waals surface area (Å²) >= 11 is 0. The van der Waals surface area contributed by atoms with Crippen molar-refractivity contribution in [3.8, 4) is 11.5 Å². The zero-order valence-electron chi connectivity index (χ0n) is 13.9. The maximum Gasteiger partial charge on any atom is 0.204 e. The number of benzene rings is 2. The SMILES string of the molecule is C=C(C)[C@H]1Cc2c(cc(OC)c3c(=O)c4cccc(C)c4oc23)O1. The molecule has 3 aromatic rings. The maximum absolute atomic E-state index is 13.0. The van der Waals surface area contributed by atoms with Gasteiger partial charge in [0.2, 0.25) is 5.43 Å². The maximum atomic E-state index is 13.0. The van der Waals surface area contributed by atoms with E-state index in [1.807, 2.05) is 26.0 Å². The molecule has 1 aliphatic heterocycles. The Morgan fingerprint density at radius 1 is 1.33 bits per heavy atom. The highest BCUT2D eigenvalue weighted by molar-refractivity contribution is 5.97. The molecule has 1 aliphatic rings. The molecule has 24 heavy (non-hydrogen) atoms. The molecule has 0 spiro atoms. The van der Waals surface area contributed by atoms with Crippen LogP contribution in [0.3, 0.4) is 0 Å². The summed E-state index contributed by atoms with van der Waals surface area (Å²) in [4.78, 5) is 13.0. The first-order valence-corrected chi connectivity index (χ1v) is 7.89. The molecular weight excluding hydrogens is 304 g/mol. The fraction of sp³-hybridized carbons (Fsp3) is 0.250. The molecule has 0 fully saturated rings. The van der Waals surface area contributed by atoms with Crippen molar-refractivity contribution in [1.29, 1.82) is 0 Å². The van der Waals surface area contributed by atoms with Crippen molar-refractivity contribution in [3.05, 3.63) is 57.8 Å². The molecule has 2 aromatic carbocycles. The molecule has 4 heteroatoms. The normalized spacial score (nSPS) is 16.2. The van der Waals surface area contributed by atoms with Crippen LogP contribution in [0.4, 0.5) is 0 Å². The monoisotopic (exact) mass is 322 g/mol. The number of aryl methyl sites for hydroxylation is 1. The van der Waals surface area contributed by atoms with Gasteiger partial charge in [-0.05, 0) is 31.1 Å². The van der Waals surface area contributed by atoms with Gasteiger partial charge in [-0.1, -0.05) is 18.7 Å². The zero-order chi connectivity index (χ0) is 17.0. The van der Waals surface area contributed by atoms with Crippen molar-refractivity contribution >= 4 is 21.9 Å². The van der Waals surface area contributed by atoms with E-state index in [2.05, 4.69) is 6.58 Å². The lowest BCUT2D eigenvalue weighted by Gasteiger charge is -2.11. The predicted molar refractivity (Wildman–Crippen MR) is 94.2 cm³/mol. The Hall–Kier alpha value is -2.75. The smallest absolute Gasteiger partial charge is 0.204 e. The highest BCUT2D eigenvalue weighted by Crippen LogP contribution is 2.41. The number of ether oxygens (including phenoxy) is 2. The van der Waals surface area contributed by atoms with Crippen LogP contribution in [-0.2, 0) is 6.42 Å². The molecule has 2 heterocycles. The second kappa shape index (κ2) is 5.13. The van der Waals surface area contributed by atoms with Crippen molar-refractivity contribution < 1.29 is 13.9 Å². The molecule has 1 atom stereocenters. The van der Waals surface area contributed by atoms with Crippen LogP contribution in [0.5, 0.6) is 11.5 Å².